The minimum absolute atomic E-state index is 0.0319. The number of carbonyl (C=O) groups excluding carboxylic acids is 1. The first-order chi connectivity index (χ1) is 9.93. The van der Waals surface area contributed by atoms with Crippen LogP contribution in [0.2, 0.25) is 10.2 Å². The summed E-state index contributed by atoms with van der Waals surface area (Å²) in [5.41, 5.74) is -0.279. The topological polar surface area (TPSA) is 111 Å². The van der Waals surface area contributed by atoms with E-state index in [4.69, 9.17) is 22.0 Å². The maximum atomic E-state index is 12.0. The van der Waals surface area contributed by atoms with Crippen LogP contribution in [0.1, 0.15) is 16.2 Å². The first kappa shape index (κ1) is 15.3. The number of nitriles is 1. The van der Waals surface area contributed by atoms with E-state index in [1.807, 2.05) is 6.07 Å². The standard InChI is InChI=1S/C13H8AsClN2O4/c15-6-1-2-7-8(3-6)9(5-16)17-11(12(7)20)13(21)14-4-10(18)19/h1-3,14,20H,4H2,(H,18,19). The first-order valence-electron chi connectivity index (χ1n) is 5.66. The van der Waals surface area contributed by atoms with Crippen LogP contribution in [0.4, 0.5) is 0 Å². The summed E-state index contributed by atoms with van der Waals surface area (Å²) in [5.74, 6) is -1.42. The summed E-state index contributed by atoms with van der Waals surface area (Å²) in [7, 11) is 0. The Morgan fingerprint density at radius 1 is 1.38 bits per heavy atom. The minimum atomic E-state index is -1.49. The Labute approximate surface area is 130 Å². The van der Waals surface area contributed by atoms with E-state index < -0.39 is 26.3 Å². The number of carboxylic acids is 1. The molecular weight excluding hydrogens is 359 g/mol. The van der Waals surface area contributed by atoms with E-state index in [9.17, 15) is 14.7 Å². The molecule has 2 rings (SSSR count). The molecule has 1 heterocycles. The Hall–Kier alpha value is -2.09. The Kier molecular flexibility index (Phi) is 4.46. The van der Waals surface area contributed by atoms with Crippen LogP contribution in [0.5, 0.6) is 5.75 Å². The fraction of sp³-hybridized carbons (Fsp3) is 0.0769. The molecule has 0 spiro atoms. The van der Waals surface area contributed by atoms with Crippen molar-refractivity contribution in [2.24, 2.45) is 0 Å². The SMILES string of the molecule is N#Cc1nc(C(=O)[AsH]CC(=O)O)c(O)c2ccc(Cl)cc12. The van der Waals surface area contributed by atoms with Crippen molar-refractivity contribution in [3.05, 3.63) is 34.6 Å². The van der Waals surface area contributed by atoms with Crippen LogP contribution in [-0.2, 0) is 4.79 Å². The van der Waals surface area contributed by atoms with Crippen molar-refractivity contribution in [1.82, 2.24) is 4.98 Å². The predicted molar refractivity (Wildman–Crippen MR) is 77.1 cm³/mol. The van der Waals surface area contributed by atoms with E-state index >= 15 is 0 Å². The number of nitrogens with zero attached hydrogens (tertiary/aromatic N) is 2. The summed E-state index contributed by atoms with van der Waals surface area (Å²) >= 11 is 4.35. The fourth-order valence-electron chi connectivity index (χ4n) is 1.75. The van der Waals surface area contributed by atoms with Crippen LogP contribution in [0, 0.1) is 11.3 Å². The molecule has 0 saturated carbocycles. The van der Waals surface area contributed by atoms with Crippen LogP contribution in [0.25, 0.3) is 10.8 Å². The summed E-state index contributed by atoms with van der Waals surface area (Å²) < 4.78 is -0.511. The molecule has 1 aromatic carbocycles. The van der Waals surface area contributed by atoms with Gasteiger partial charge < -0.3 is 0 Å². The molecule has 0 aliphatic rings. The molecule has 8 heteroatoms. The molecule has 2 aromatic rings. The number of rotatable bonds is 4. The summed E-state index contributed by atoms with van der Waals surface area (Å²) in [4.78, 5) is 26.4. The van der Waals surface area contributed by atoms with E-state index in [1.54, 1.807) is 0 Å². The molecule has 0 saturated heterocycles. The van der Waals surface area contributed by atoms with Gasteiger partial charge in [0.25, 0.3) is 0 Å². The quantitative estimate of drug-likeness (QED) is 0.794. The van der Waals surface area contributed by atoms with Gasteiger partial charge in [-0.3, -0.25) is 0 Å². The van der Waals surface area contributed by atoms with Crippen LogP contribution in [-0.4, -0.2) is 41.5 Å². The van der Waals surface area contributed by atoms with Crippen LogP contribution < -0.4 is 0 Å². The molecule has 6 nitrogen and oxygen atoms in total. The Morgan fingerprint density at radius 2 is 2.10 bits per heavy atom. The number of aromatic nitrogens is 1. The zero-order valence-corrected chi connectivity index (χ0v) is 13.3. The third kappa shape index (κ3) is 3.15. The van der Waals surface area contributed by atoms with Crippen molar-refractivity contribution in [2.75, 3.05) is 0 Å². The number of carboxylic acid groups (broad SMARTS) is 1. The van der Waals surface area contributed by atoms with Crippen molar-refractivity contribution >= 4 is 48.7 Å². The van der Waals surface area contributed by atoms with Gasteiger partial charge in [0.05, 0.1) is 0 Å². The van der Waals surface area contributed by atoms with Gasteiger partial charge in [0, 0.05) is 0 Å². The van der Waals surface area contributed by atoms with Crippen molar-refractivity contribution in [1.29, 1.82) is 5.26 Å². The normalized spacial score (nSPS) is 10.9. The van der Waals surface area contributed by atoms with Crippen LogP contribution in [0.3, 0.4) is 0 Å². The van der Waals surface area contributed by atoms with Gasteiger partial charge in [-0.15, -0.1) is 0 Å². The first-order valence-corrected chi connectivity index (χ1v) is 8.57. The molecule has 1 unspecified atom stereocenters. The number of halogens is 1. The molecule has 0 fully saturated rings. The molecule has 2 N–H and O–H groups in total. The Morgan fingerprint density at radius 3 is 2.71 bits per heavy atom. The zero-order valence-electron chi connectivity index (χ0n) is 10.4. The average molecular weight is 367 g/mol. The van der Waals surface area contributed by atoms with E-state index in [0.717, 1.165) is 0 Å². The average Bonchev–Trinajstić information content (AvgIpc) is 2.45. The molecule has 0 bridgehead atoms. The number of aromatic hydroxyl groups is 1. The van der Waals surface area contributed by atoms with Crippen LogP contribution >= 0.6 is 11.6 Å². The number of pyridine rings is 1. The number of hydrogen-bond donors (Lipinski definition) is 2. The Bertz CT molecular complexity index is 801. The summed E-state index contributed by atoms with van der Waals surface area (Å²) in [5, 5.41) is 28.6. The van der Waals surface area contributed by atoms with Crippen molar-refractivity contribution in [3.8, 4) is 11.8 Å². The molecule has 0 radical (unpaired) electrons. The van der Waals surface area contributed by atoms with Gasteiger partial charge in [-0.2, -0.15) is 0 Å². The summed E-state index contributed by atoms with van der Waals surface area (Å²) in [6.07, 6.45) is 0. The van der Waals surface area contributed by atoms with Crippen molar-refractivity contribution in [2.45, 2.75) is 5.21 Å². The van der Waals surface area contributed by atoms with E-state index in [0.29, 0.717) is 10.4 Å². The zero-order chi connectivity index (χ0) is 15.6. The van der Waals surface area contributed by atoms with E-state index in [-0.39, 0.29) is 27.7 Å². The summed E-state index contributed by atoms with van der Waals surface area (Å²) in [6, 6.07) is 6.34. The number of fused-ring (bicyclic) bond motifs is 1. The molecule has 0 amide bonds. The van der Waals surface area contributed by atoms with Gasteiger partial charge in [-0.05, 0) is 0 Å². The number of hydrogen-bond acceptors (Lipinski definition) is 5. The molecule has 1 atom stereocenters. The monoisotopic (exact) mass is 366 g/mol. The summed E-state index contributed by atoms with van der Waals surface area (Å²) in [6.45, 7) is 0. The van der Waals surface area contributed by atoms with Crippen molar-refractivity contribution in [3.63, 3.8) is 0 Å². The van der Waals surface area contributed by atoms with E-state index in [1.165, 1.54) is 18.2 Å². The van der Waals surface area contributed by atoms with E-state index in [2.05, 4.69) is 4.98 Å². The van der Waals surface area contributed by atoms with Crippen molar-refractivity contribution < 1.29 is 19.8 Å². The number of carbonyl (C=O) groups is 2. The second kappa shape index (κ2) is 6.13. The fourth-order valence-corrected chi connectivity index (χ4v) is 3.30. The maximum absolute atomic E-state index is 12.0. The third-order valence-electron chi connectivity index (χ3n) is 2.66. The molecule has 0 aliphatic heterocycles. The second-order valence-electron chi connectivity index (χ2n) is 4.04. The van der Waals surface area contributed by atoms with Gasteiger partial charge >= 0.3 is 130 Å². The third-order valence-corrected chi connectivity index (χ3v) is 5.07. The molecule has 0 aliphatic carbocycles. The van der Waals surface area contributed by atoms with Gasteiger partial charge in [0.1, 0.15) is 0 Å². The molecule has 1 aromatic heterocycles. The Balaban J connectivity index is 2.58. The number of benzene rings is 1. The van der Waals surface area contributed by atoms with Crippen LogP contribution in [0.15, 0.2) is 18.2 Å². The predicted octanol–water partition coefficient (Wildman–Crippen LogP) is 1.55. The molecular formula is C13H8AsClN2O4. The van der Waals surface area contributed by atoms with Gasteiger partial charge in [-0.1, -0.05) is 0 Å². The van der Waals surface area contributed by atoms with Gasteiger partial charge in [0.15, 0.2) is 0 Å². The van der Waals surface area contributed by atoms with Gasteiger partial charge in [-0.25, -0.2) is 0 Å². The van der Waals surface area contributed by atoms with Gasteiger partial charge in [0.2, 0.25) is 0 Å². The molecule has 21 heavy (non-hydrogen) atoms. The second-order valence-corrected chi connectivity index (χ2v) is 6.91. The molecule has 106 valence electrons. The number of aliphatic carboxylic acids is 1.